The molecule has 0 aromatic carbocycles. The molecule has 1 aliphatic rings. The van der Waals surface area contributed by atoms with Crippen molar-refractivity contribution >= 4 is 21.8 Å². The highest BCUT2D eigenvalue weighted by Crippen LogP contribution is 2.17. The summed E-state index contributed by atoms with van der Waals surface area (Å²) in [6, 6.07) is 0.588. The first-order valence-corrected chi connectivity index (χ1v) is 7.92. The molecule has 1 saturated heterocycles. The molecule has 0 bridgehead atoms. The molecule has 4 heteroatoms. The first-order valence-electron chi connectivity index (χ1n) is 6.80. The summed E-state index contributed by atoms with van der Waals surface area (Å²) in [5.74, 6) is 0.348. The first-order chi connectivity index (χ1) is 8.22. The van der Waals surface area contributed by atoms with Gasteiger partial charge in [0.15, 0.2) is 0 Å². The van der Waals surface area contributed by atoms with E-state index in [0.717, 1.165) is 57.2 Å². The van der Waals surface area contributed by atoms with E-state index in [1.165, 1.54) is 0 Å². The molecule has 0 saturated carbocycles. The largest absolute Gasteiger partial charge is 0.341 e. The molecular weight excluding hydrogens is 280 g/mol. The molecule has 1 aliphatic heterocycles. The Morgan fingerprint density at radius 3 is 2.65 bits per heavy atom. The number of unbranched alkanes of at least 4 members (excludes halogenated alkanes) is 1. The number of hydrogen-bond acceptors (Lipinski definition) is 2. The van der Waals surface area contributed by atoms with Crippen LogP contribution in [0.15, 0.2) is 0 Å². The van der Waals surface area contributed by atoms with Gasteiger partial charge in [-0.25, -0.2) is 0 Å². The van der Waals surface area contributed by atoms with Gasteiger partial charge in [0.05, 0.1) is 0 Å². The van der Waals surface area contributed by atoms with Crippen LogP contribution in [0.1, 0.15) is 39.5 Å². The highest BCUT2D eigenvalue weighted by atomic mass is 79.9. The average molecular weight is 305 g/mol. The van der Waals surface area contributed by atoms with Crippen molar-refractivity contribution < 1.29 is 4.79 Å². The molecule has 17 heavy (non-hydrogen) atoms. The quantitative estimate of drug-likeness (QED) is 0.533. The lowest BCUT2D eigenvalue weighted by molar-refractivity contribution is -0.130. The molecule has 100 valence electrons. The van der Waals surface area contributed by atoms with Gasteiger partial charge in [0.25, 0.3) is 0 Å². The number of likely N-dealkylation sites (N-methyl/N-ethyl adjacent to an activating group) is 1. The minimum Gasteiger partial charge on any atom is -0.341 e. The molecule has 1 amide bonds. The number of alkyl halides is 1. The second-order valence-corrected chi connectivity index (χ2v) is 5.44. The van der Waals surface area contributed by atoms with E-state index in [2.05, 4.69) is 39.6 Å². The Hall–Kier alpha value is -0.0900. The molecule has 1 rings (SSSR count). The van der Waals surface area contributed by atoms with Crippen molar-refractivity contribution in [1.82, 2.24) is 9.80 Å². The molecule has 1 fully saturated rings. The summed E-state index contributed by atoms with van der Waals surface area (Å²) in [7, 11) is 0. The van der Waals surface area contributed by atoms with Crippen LogP contribution in [0, 0.1) is 0 Å². The van der Waals surface area contributed by atoms with Crippen molar-refractivity contribution in [2.24, 2.45) is 0 Å². The summed E-state index contributed by atoms with van der Waals surface area (Å²) in [4.78, 5) is 16.5. The summed E-state index contributed by atoms with van der Waals surface area (Å²) in [6.07, 6.45) is 3.97. The summed E-state index contributed by atoms with van der Waals surface area (Å²) < 4.78 is 0. The summed E-state index contributed by atoms with van der Waals surface area (Å²) >= 11 is 3.40. The molecule has 0 aromatic rings. The Kier molecular flexibility index (Phi) is 7.12. The lowest BCUT2D eigenvalue weighted by atomic mass is 10.2. The van der Waals surface area contributed by atoms with Gasteiger partial charge in [-0.2, -0.15) is 0 Å². The van der Waals surface area contributed by atoms with Crippen molar-refractivity contribution in [3.8, 4) is 0 Å². The van der Waals surface area contributed by atoms with Gasteiger partial charge in [0.2, 0.25) is 5.91 Å². The van der Waals surface area contributed by atoms with Crippen LogP contribution in [0.2, 0.25) is 0 Å². The molecule has 0 N–H and O–H groups in total. The van der Waals surface area contributed by atoms with Crippen LogP contribution >= 0.6 is 15.9 Å². The third-order valence-corrected chi connectivity index (χ3v) is 4.18. The van der Waals surface area contributed by atoms with E-state index in [1.807, 2.05) is 0 Å². The van der Waals surface area contributed by atoms with Gasteiger partial charge in [0, 0.05) is 30.9 Å². The van der Waals surface area contributed by atoms with Crippen LogP contribution in [-0.4, -0.2) is 53.3 Å². The van der Waals surface area contributed by atoms with Gasteiger partial charge in [-0.3, -0.25) is 9.69 Å². The average Bonchev–Trinajstić information content (AvgIpc) is 2.80. The second-order valence-electron chi connectivity index (χ2n) is 4.65. The molecule has 1 unspecified atom stereocenters. The standard InChI is InChI=1S/C13H25BrN2O/c1-3-15(4-2)12-8-10-16(11-12)13(17)7-5-6-9-14/h12H,3-11H2,1-2H3. The topological polar surface area (TPSA) is 23.6 Å². The van der Waals surface area contributed by atoms with E-state index < -0.39 is 0 Å². The molecule has 1 heterocycles. The fraction of sp³-hybridized carbons (Fsp3) is 0.923. The van der Waals surface area contributed by atoms with Gasteiger partial charge in [-0.15, -0.1) is 0 Å². The maximum atomic E-state index is 12.0. The number of hydrogen-bond donors (Lipinski definition) is 0. The van der Waals surface area contributed by atoms with Crippen molar-refractivity contribution in [2.45, 2.75) is 45.6 Å². The fourth-order valence-corrected chi connectivity index (χ4v) is 2.93. The molecule has 0 radical (unpaired) electrons. The fourth-order valence-electron chi connectivity index (χ4n) is 2.54. The van der Waals surface area contributed by atoms with Crippen molar-refractivity contribution in [3.05, 3.63) is 0 Å². The number of likely N-dealkylation sites (tertiary alicyclic amines) is 1. The molecule has 0 spiro atoms. The summed E-state index contributed by atoms with van der Waals surface area (Å²) in [5.41, 5.74) is 0. The first kappa shape index (κ1) is 15.0. The van der Waals surface area contributed by atoms with E-state index in [-0.39, 0.29) is 0 Å². The van der Waals surface area contributed by atoms with Gasteiger partial charge < -0.3 is 4.90 Å². The zero-order valence-electron chi connectivity index (χ0n) is 11.1. The van der Waals surface area contributed by atoms with Crippen LogP contribution in [0.5, 0.6) is 0 Å². The number of carbonyl (C=O) groups excluding carboxylic acids is 1. The van der Waals surface area contributed by atoms with Crippen LogP contribution in [0.4, 0.5) is 0 Å². The van der Waals surface area contributed by atoms with E-state index in [1.54, 1.807) is 0 Å². The van der Waals surface area contributed by atoms with Crippen LogP contribution in [0.3, 0.4) is 0 Å². The van der Waals surface area contributed by atoms with E-state index in [9.17, 15) is 4.79 Å². The molecule has 1 atom stereocenters. The van der Waals surface area contributed by atoms with Crippen LogP contribution in [0.25, 0.3) is 0 Å². The minimum atomic E-state index is 0.348. The van der Waals surface area contributed by atoms with E-state index in [4.69, 9.17) is 0 Å². The maximum absolute atomic E-state index is 12.0. The SMILES string of the molecule is CCN(CC)C1CCN(C(=O)CCCCBr)C1. The second kappa shape index (κ2) is 8.09. The molecular formula is C13H25BrN2O. The number of nitrogens with zero attached hydrogens (tertiary/aromatic N) is 2. The van der Waals surface area contributed by atoms with Crippen molar-refractivity contribution in [1.29, 1.82) is 0 Å². The number of carbonyl (C=O) groups is 1. The lowest BCUT2D eigenvalue weighted by Crippen LogP contribution is -2.38. The van der Waals surface area contributed by atoms with Crippen LogP contribution in [-0.2, 0) is 4.79 Å². The third-order valence-electron chi connectivity index (χ3n) is 3.62. The van der Waals surface area contributed by atoms with Gasteiger partial charge in [-0.05, 0) is 32.4 Å². The predicted molar refractivity (Wildman–Crippen MR) is 75.6 cm³/mol. The number of amides is 1. The number of rotatable bonds is 7. The maximum Gasteiger partial charge on any atom is 0.222 e. The Balaban J connectivity index is 2.31. The highest BCUT2D eigenvalue weighted by molar-refractivity contribution is 9.09. The zero-order chi connectivity index (χ0) is 12.7. The van der Waals surface area contributed by atoms with Crippen molar-refractivity contribution in [3.63, 3.8) is 0 Å². The summed E-state index contributed by atoms with van der Waals surface area (Å²) in [6.45, 7) is 8.47. The van der Waals surface area contributed by atoms with Crippen LogP contribution < -0.4 is 0 Å². The number of halogens is 1. The molecule has 3 nitrogen and oxygen atoms in total. The lowest BCUT2D eigenvalue weighted by Gasteiger charge is -2.26. The summed E-state index contributed by atoms with van der Waals surface area (Å²) in [5, 5.41) is 1.00. The molecule has 0 aromatic heterocycles. The Morgan fingerprint density at radius 2 is 2.06 bits per heavy atom. The minimum absolute atomic E-state index is 0.348. The Labute approximate surface area is 114 Å². The van der Waals surface area contributed by atoms with E-state index in [0.29, 0.717) is 11.9 Å². The predicted octanol–water partition coefficient (Wildman–Crippen LogP) is 2.49. The third kappa shape index (κ3) is 4.59. The van der Waals surface area contributed by atoms with Crippen molar-refractivity contribution in [2.75, 3.05) is 31.5 Å². The smallest absolute Gasteiger partial charge is 0.222 e. The Bertz CT molecular complexity index is 231. The molecule has 0 aliphatic carbocycles. The zero-order valence-corrected chi connectivity index (χ0v) is 12.7. The normalized spacial score (nSPS) is 20.2. The van der Waals surface area contributed by atoms with Gasteiger partial charge in [-0.1, -0.05) is 29.8 Å². The highest BCUT2D eigenvalue weighted by Gasteiger charge is 2.28. The van der Waals surface area contributed by atoms with Gasteiger partial charge in [0.1, 0.15) is 0 Å². The Morgan fingerprint density at radius 1 is 1.35 bits per heavy atom. The monoisotopic (exact) mass is 304 g/mol. The van der Waals surface area contributed by atoms with E-state index >= 15 is 0 Å². The van der Waals surface area contributed by atoms with Gasteiger partial charge >= 0.3 is 0 Å².